The van der Waals surface area contributed by atoms with Crippen LogP contribution < -0.4 is 0 Å². The molecule has 0 saturated carbocycles. The van der Waals surface area contributed by atoms with E-state index in [9.17, 15) is 4.39 Å². The Kier molecular flexibility index (Phi) is 4.11. The SMILES string of the molecule is CC(C)(C)SN=Cc1cc2cccc(F)c2nc1Cl. The summed E-state index contributed by atoms with van der Waals surface area (Å²) in [4.78, 5) is 4.08. The van der Waals surface area contributed by atoms with Crippen LogP contribution in [0.15, 0.2) is 28.7 Å². The smallest absolute Gasteiger partial charge is 0.149 e. The second kappa shape index (κ2) is 5.47. The maximum atomic E-state index is 13.5. The molecular weight excluding hydrogens is 283 g/mol. The number of nitrogens with zero attached hydrogens (tertiary/aromatic N) is 2. The van der Waals surface area contributed by atoms with Gasteiger partial charge in [-0.05, 0) is 44.9 Å². The molecule has 0 fully saturated rings. The third kappa shape index (κ3) is 3.67. The molecule has 1 heterocycles. The van der Waals surface area contributed by atoms with Gasteiger partial charge in [0.15, 0.2) is 0 Å². The Morgan fingerprint density at radius 3 is 2.79 bits per heavy atom. The van der Waals surface area contributed by atoms with E-state index in [-0.39, 0.29) is 21.2 Å². The molecule has 5 heteroatoms. The summed E-state index contributed by atoms with van der Waals surface area (Å²) in [7, 11) is 0. The quantitative estimate of drug-likeness (QED) is 0.448. The molecule has 0 atom stereocenters. The Bertz CT molecular complexity index is 635. The number of para-hydroxylation sites is 1. The highest BCUT2D eigenvalue weighted by atomic mass is 35.5. The van der Waals surface area contributed by atoms with E-state index >= 15 is 0 Å². The number of halogens is 2. The second-order valence-electron chi connectivity index (χ2n) is 5.12. The fourth-order valence-corrected chi connectivity index (χ4v) is 2.16. The fraction of sp³-hybridized carbons (Fsp3) is 0.286. The number of aromatic nitrogens is 1. The molecule has 2 nitrogen and oxygen atoms in total. The number of hydrogen-bond acceptors (Lipinski definition) is 3. The van der Waals surface area contributed by atoms with Crippen LogP contribution in [0.25, 0.3) is 10.9 Å². The molecule has 0 aliphatic carbocycles. The van der Waals surface area contributed by atoms with Crippen molar-refractivity contribution in [3.8, 4) is 0 Å². The van der Waals surface area contributed by atoms with Gasteiger partial charge in [-0.2, -0.15) is 0 Å². The molecule has 0 aliphatic rings. The van der Waals surface area contributed by atoms with Crippen LogP contribution in [0, 0.1) is 5.82 Å². The summed E-state index contributed by atoms with van der Waals surface area (Å²) in [6, 6.07) is 6.61. The molecule has 0 N–H and O–H groups in total. The van der Waals surface area contributed by atoms with E-state index in [2.05, 4.69) is 30.2 Å². The highest BCUT2D eigenvalue weighted by Gasteiger charge is 2.10. The van der Waals surface area contributed by atoms with Gasteiger partial charge < -0.3 is 0 Å². The van der Waals surface area contributed by atoms with E-state index in [1.807, 2.05) is 0 Å². The van der Waals surface area contributed by atoms with Crippen LogP contribution in [-0.2, 0) is 0 Å². The first-order valence-corrected chi connectivity index (χ1v) is 6.98. The Labute approximate surface area is 121 Å². The number of pyridine rings is 1. The number of fused-ring (bicyclic) bond motifs is 1. The average molecular weight is 297 g/mol. The van der Waals surface area contributed by atoms with Crippen molar-refractivity contribution in [3.05, 3.63) is 40.8 Å². The molecule has 0 bridgehead atoms. The van der Waals surface area contributed by atoms with E-state index in [0.717, 1.165) is 0 Å². The van der Waals surface area contributed by atoms with Gasteiger partial charge in [0.05, 0.1) is 0 Å². The Morgan fingerprint density at radius 1 is 1.37 bits per heavy atom. The van der Waals surface area contributed by atoms with Crippen LogP contribution in [-0.4, -0.2) is 15.9 Å². The number of benzene rings is 1. The van der Waals surface area contributed by atoms with Crippen molar-refractivity contribution in [1.29, 1.82) is 0 Å². The van der Waals surface area contributed by atoms with Crippen molar-refractivity contribution in [3.63, 3.8) is 0 Å². The van der Waals surface area contributed by atoms with Gasteiger partial charge in [0.1, 0.15) is 16.5 Å². The highest BCUT2D eigenvalue weighted by molar-refractivity contribution is 7.99. The molecule has 1 aromatic heterocycles. The van der Waals surface area contributed by atoms with Crippen LogP contribution in [0.4, 0.5) is 4.39 Å². The molecule has 0 spiro atoms. The molecule has 2 aromatic rings. The maximum absolute atomic E-state index is 13.5. The molecule has 0 aliphatic heterocycles. The largest absolute Gasteiger partial charge is 0.232 e. The third-order valence-electron chi connectivity index (χ3n) is 2.30. The molecule has 0 radical (unpaired) electrons. The zero-order valence-corrected chi connectivity index (χ0v) is 12.5. The van der Waals surface area contributed by atoms with E-state index in [1.165, 1.54) is 18.0 Å². The summed E-state index contributed by atoms with van der Waals surface area (Å²) in [6.45, 7) is 6.22. The first-order chi connectivity index (χ1) is 8.87. The van der Waals surface area contributed by atoms with Gasteiger partial charge in [-0.1, -0.05) is 23.7 Å². The molecule has 0 amide bonds. The van der Waals surface area contributed by atoms with Crippen molar-refractivity contribution in [2.45, 2.75) is 25.5 Å². The van der Waals surface area contributed by atoms with Crippen LogP contribution in [0.5, 0.6) is 0 Å². The van der Waals surface area contributed by atoms with E-state index in [1.54, 1.807) is 24.4 Å². The lowest BCUT2D eigenvalue weighted by Gasteiger charge is -2.12. The van der Waals surface area contributed by atoms with Gasteiger partial charge >= 0.3 is 0 Å². The number of hydrogen-bond donors (Lipinski definition) is 0. The van der Waals surface area contributed by atoms with E-state index in [0.29, 0.717) is 10.9 Å². The Balaban J connectivity index is 2.37. The summed E-state index contributed by atoms with van der Waals surface area (Å²) >= 11 is 7.50. The van der Waals surface area contributed by atoms with Gasteiger partial charge in [-0.25, -0.2) is 13.8 Å². The van der Waals surface area contributed by atoms with E-state index in [4.69, 9.17) is 11.6 Å². The average Bonchev–Trinajstić information content (AvgIpc) is 2.30. The van der Waals surface area contributed by atoms with Crippen molar-refractivity contribution in [2.75, 3.05) is 0 Å². The van der Waals surface area contributed by atoms with Gasteiger partial charge in [0, 0.05) is 21.9 Å². The monoisotopic (exact) mass is 296 g/mol. The molecule has 19 heavy (non-hydrogen) atoms. The van der Waals surface area contributed by atoms with Gasteiger partial charge in [0.25, 0.3) is 0 Å². The summed E-state index contributed by atoms with van der Waals surface area (Å²) in [6.07, 6.45) is 1.66. The van der Waals surface area contributed by atoms with Crippen LogP contribution >= 0.6 is 23.5 Å². The predicted octanol–water partition coefficient (Wildman–Crippen LogP) is 4.89. The minimum atomic E-state index is -0.369. The van der Waals surface area contributed by atoms with Crippen molar-refractivity contribution < 1.29 is 4.39 Å². The van der Waals surface area contributed by atoms with Crippen LogP contribution in [0.1, 0.15) is 26.3 Å². The topological polar surface area (TPSA) is 25.2 Å². The summed E-state index contributed by atoms with van der Waals surface area (Å²) in [5.41, 5.74) is 0.977. The van der Waals surface area contributed by atoms with Gasteiger partial charge in [0.2, 0.25) is 0 Å². The first-order valence-electron chi connectivity index (χ1n) is 5.83. The molecule has 100 valence electrons. The van der Waals surface area contributed by atoms with Crippen LogP contribution in [0.3, 0.4) is 0 Å². The third-order valence-corrected chi connectivity index (χ3v) is 3.36. The summed E-state index contributed by atoms with van der Waals surface area (Å²) in [5, 5.41) is 0.975. The first kappa shape index (κ1) is 14.3. The van der Waals surface area contributed by atoms with Gasteiger partial charge in [-0.15, -0.1) is 0 Å². The zero-order chi connectivity index (χ0) is 14.0. The van der Waals surface area contributed by atoms with Crippen molar-refractivity contribution >= 4 is 40.7 Å². The highest BCUT2D eigenvalue weighted by Crippen LogP contribution is 2.25. The molecule has 2 rings (SSSR count). The molecule has 0 saturated heterocycles. The minimum Gasteiger partial charge on any atom is -0.232 e. The van der Waals surface area contributed by atoms with Crippen molar-refractivity contribution in [1.82, 2.24) is 4.98 Å². The van der Waals surface area contributed by atoms with Crippen LogP contribution in [0.2, 0.25) is 5.15 Å². The maximum Gasteiger partial charge on any atom is 0.149 e. The Hall–Kier alpha value is -1.13. The zero-order valence-electron chi connectivity index (χ0n) is 10.9. The standard InChI is InChI=1S/C14H14ClFN2S/c1-14(2,3)19-17-8-10-7-9-5-4-6-11(16)12(9)18-13(10)15/h4-8H,1-3H3. The van der Waals surface area contributed by atoms with Gasteiger partial charge in [-0.3, -0.25) is 0 Å². The predicted molar refractivity (Wildman–Crippen MR) is 81.6 cm³/mol. The molecule has 1 aromatic carbocycles. The summed E-state index contributed by atoms with van der Waals surface area (Å²) in [5.74, 6) is -0.369. The second-order valence-corrected chi connectivity index (χ2v) is 7.09. The lowest BCUT2D eigenvalue weighted by Crippen LogP contribution is -2.05. The molecule has 0 unspecified atom stereocenters. The lowest BCUT2D eigenvalue weighted by molar-refractivity contribution is 0.637. The Morgan fingerprint density at radius 2 is 2.11 bits per heavy atom. The molecular formula is C14H14ClFN2S. The minimum absolute atomic E-state index is 0.0410. The van der Waals surface area contributed by atoms with E-state index < -0.39 is 0 Å². The number of rotatable bonds is 2. The fourth-order valence-electron chi connectivity index (χ4n) is 1.49. The lowest BCUT2D eigenvalue weighted by atomic mass is 10.1. The normalized spacial score (nSPS) is 12.5. The van der Waals surface area contributed by atoms with Crippen molar-refractivity contribution in [2.24, 2.45) is 4.40 Å². The summed E-state index contributed by atoms with van der Waals surface area (Å²) < 4.78 is 17.9.